The first-order chi connectivity index (χ1) is 30.8. The van der Waals surface area contributed by atoms with Crippen LogP contribution in [0.2, 0.25) is 0 Å². The van der Waals surface area contributed by atoms with Crippen molar-refractivity contribution in [1.29, 1.82) is 0 Å². The Kier molecular flexibility index (Phi) is 7.50. The normalized spacial score (nSPS) is 11.9. The molecule has 4 heterocycles. The van der Waals surface area contributed by atoms with Crippen molar-refractivity contribution < 1.29 is 0 Å². The molecule has 0 aliphatic carbocycles. The van der Waals surface area contributed by atoms with Crippen molar-refractivity contribution in [2.45, 2.75) is 0 Å². The van der Waals surface area contributed by atoms with Gasteiger partial charge >= 0.3 is 0 Å². The van der Waals surface area contributed by atoms with E-state index in [4.69, 9.17) is 10.1 Å². The highest BCUT2D eigenvalue weighted by atomic mass is 15.4. The number of nitrogens with zero attached hydrogens (tertiary/aromatic N) is 6. The van der Waals surface area contributed by atoms with E-state index < -0.39 is 0 Å². The summed E-state index contributed by atoms with van der Waals surface area (Å²) in [6.07, 6.45) is 0. The van der Waals surface area contributed by atoms with Crippen LogP contribution in [0.3, 0.4) is 0 Å². The molecule has 62 heavy (non-hydrogen) atoms. The summed E-state index contributed by atoms with van der Waals surface area (Å²) in [5.74, 6) is 1.48. The highest BCUT2D eigenvalue weighted by molar-refractivity contribution is 6.26. The van der Waals surface area contributed by atoms with Crippen molar-refractivity contribution in [2.75, 3.05) is 0 Å². The number of para-hydroxylation sites is 5. The SMILES string of the molecule is c1ccc(-c2nc(-c3cccc4c3c3ccccc3n4-c3cccc(-n4c5ccccc5c5c4ccc4c6ccccc6n(-c6ccccc6)c45)c3)n(-c3ccccc3)n2)cc1. The zero-order valence-electron chi connectivity index (χ0n) is 33.5. The van der Waals surface area contributed by atoms with Crippen molar-refractivity contribution in [3.05, 3.63) is 218 Å². The summed E-state index contributed by atoms with van der Waals surface area (Å²) >= 11 is 0. The van der Waals surface area contributed by atoms with Crippen molar-refractivity contribution >= 4 is 65.4 Å². The van der Waals surface area contributed by atoms with Crippen LogP contribution in [0.1, 0.15) is 0 Å². The number of fused-ring (bicyclic) bond motifs is 10. The molecule has 0 unspecified atom stereocenters. The lowest BCUT2D eigenvalue weighted by molar-refractivity contribution is 0.891. The van der Waals surface area contributed by atoms with Crippen LogP contribution in [-0.2, 0) is 0 Å². The Balaban J connectivity index is 1.05. The van der Waals surface area contributed by atoms with E-state index in [0.717, 1.165) is 72.5 Å². The fraction of sp³-hybridized carbons (Fsp3) is 0. The molecule has 4 aromatic heterocycles. The van der Waals surface area contributed by atoms with E-state index in [0.29, 0.717) is 5.82 Å². The fourth-order valence-electron chi connectivity index (χ4n) is 9.83. The Labute approximate surface area is 356 Å². The van der Waals surface area contributed by atoms with Crippen molar-refractivity contribution in [3.63, 3.8) is 0 Å². The van der Waals surface area contributed by atoms with E-state index in [1.807, 2.05) is 41.1 Å². The zero-order valence-corrected chi connectivity index (χ0v) is 33.5. The van der Waals surface area contributed by atoms with Crippen LogP contribution in [0.5, 0.6) is 0 Å². The molecule has 290 valence electrons. The molecule has 0 bridgehead atoms. The molecular formula is C56H36N6. The second-order valence-corrected chi connectivity index (χ2v) is 15.8. The first kappa shape index (κ1) is 34.4. The standard InChI is InChI=1S/C56H36N6/c1-4-18-37(19-5-1)55-57-56(62(58-55)39-22-8-3-9-23-39)46-29-17-33-50-52(46)44-27-11-14-31-48(44)59(50)40-24-16-25-41(36-40)60-49-32-15-12-28-45(49)53-51(60)35-34-43-42-26-10-13-30-47(42)61(54(43)53)38-20-6-2-7-21-38/h1-36H. The molecule has 0 amide bonds. The van der Waals surface area contributed by atoms with Gasteiger partial charge in [-0.05, 0) is 72.8 Å². The molecule has 0 aliphatic heterocycles. The summed E-state index contributed by atoms with van der Waals surface area (Å²) in [6, 6.07) is 77.7. The van der Waals surface area contributed by atoms with Gasteiger partial charge in [-0.15, -0.1) is 5.10 Å². The molecule has 9 aromatic carbocycles. The molecule has 0 saturated heterocycles. The summed E-state index contributed by atoms with van der Waals surface area (Å²) < 4.78 is 9.27. The molecule has 0 aliphatic rings. The van der Waals surface area contributed by atoms with Gasteiger partial charge in [0.2, 0.25) is 0 Å². The molecule has 6 heteroatoms. The topological polar surface area (TPSA) is 45.5 Å². The summed E-state index contributed by atoms with van der Waals surface area (Å²) in [6.45, 7) is 0. The molecule has 0 atom stereocenters. The van der Waals surface area contributed by atoms with Gasteiger partial charge in [-0.3, -0.25) is 0 Å². The zero-order chi connectivity index (χ0) is 40.7. The van der Waals surface area contributed by atoms with Gasteiger partial charge in [-0.2, -0.15) is 0 Å². The van der Waals surface area contributed by atoms with E-state index in [2.05, 4.69) is 196 Å². The second-order valence-electron chi connectivity index (χ2n) is 15.8. The third-order valence-electron chi connectivity index (χ3n) is 12.4. The van der Waals surface area contributed by atoms with Gasteiger partial charge in [-0.25, -0.2) is 9.67 Å². The van der Waals surface area contributed by atoms with E-state index >= 15 is 0 Å². The summed E-state index contributed by atoms with van der Waals surface area (Å²) in [5.41, 5.74) is 13.2. The smallest absolute Gasteiger partial charge is 0.182 e. The molecule has 0 saturated carbocycles. The predicted molar refractivity (Wildman–Crippen MR) is 255 cm³/mol. The Bertz CT molecular complexity index is 3850. The Morgan fingerprint density at radius 3 is 1.50 bits per heavy atom. The second kappa shape index (κ2) is 13.5. The summed E-state index contributed by atoms with van der Waals surface area (Å²) in [7, 11) is 0. The van der Waals surface area contributed by atoms with Gasteiger partial charge in [0.25, 0.3) is 0 Å². The lowest BCUT2D eigenvalue weighted by atomic mass is 10.1. The van der Waals surface area contributed by atoms with Gasteiger partial charge in [0.05, 0.1) is 38.8 Å². The van der Waals surface area contributed by atoms with Gasteiger partial charge < -0.3 is 13.7 Å². The monoisotopic (exact) mass is 792 g/mol. The lowest BCUT2D eigenvalue weighted by Gasteiger charge is -2.13. The summed E-state index contributed by atoms with van der Waals surface area (Å²) in [5, 5.41) is 12.3. The highest BCUT2D eigenvalue weighted by Crippen LogP contribution is 2.43. The minimum atomic E-state index is 0.686. The first-order valence-electron chi connectivity index (χ1n) is 21.0. The van der Waals surface area contributed by atoms with Crippen LogP contribution in [0, 0.1) is 0 Å². The van der Waals surface area contributed by atoms with Crippen LogP contribution in [-0.4, -0.2) is 28.5 Å². The van der Waals surface area contributed by atoms with Crippen LogP contribution in [0.25, 0.3) is 111 Å². The molecule has 0 N–H and O–H groups in total. The summed E-state index contributed by atoms with van der Waals surface area (Å²) in [4.78, 5) is 5.27. The van der Waals surface area contributed by atoms with Gasteiger partial charge in [0, 0.05) is 60.5 Å². The predicted octanol–water partition coefficient (Wildman–Crippen LogP) is 13.9. The fourth-order valence-corrected chi connectivity index (χ4v) is 9.83. The molecular weight excluding hydrogens is 757 g/mol. The van der Waals surface area contributed by atoms with Crippen LogP contribution >= 0.6 is 0 Å². The van der Waals surface area contributed by atoms with E-state index in [9.17, 15) is 0 Å². The highest BCUT2D eigenvalue weighted by Gasteiger charge is 2.24. The number of hydrogen-bond acceptors (Lipinski definition) is 2. The molecule has 13 aromatic rings. The third kappa shape index (κ3) is 5.04. The number of aromatic nitrogens is 6. The average molecular weight is 793 g/mol. The van der Waals surface area contributed by atoms with E-state index in [1.165, 1.54) is 32.6 Å². The quantitative estimate of drug-likeness (QED) is 0.168. The number of benzene rings is 9. The largest absolute Gasteiger partial charge is 0.309 e. The molecule has 13 rings (SSSR count). The molecule has 0 spiro atoms. The van der Waals surface area contributed by atoms with E-state index in [-0.39, 0.29) is 0 Å². The van der Waals surface area contributed by atoms with Crippen LogP contribution in [0.4, 0.5) is 0 Å². The Hall–Kier alpha value is -8.48. The van der Waals surface area contributed by atoms with Gasteiger partial charge in [0.15, 0.2) is 11.6 Å². The lowest BCUT2D eigenvalue weighted by Crippen LogP contribution is -2.00. The minimum absolute atomic E-state index is 0.686. The molecule has 6 nitrogen and oxygen atoms in total. The number of rotatable bonds is 6. The van der Waals surface area contributed by atoms with Crippen LogP contribution in [0.15, 0.2) is 218 Å². The van der Waals surface area contributed by atoms with Crippen molar-refractivity contribution in [1.82, 2.24) is 28.5 Å². The maximum absolute atomic E-state index is 5.27. The first-order valence-corrected chi connectivity index (χ1v) is 21.0. The van der Waals surface area contributed by atoms with Gasteiger partial charge in [0.1, 0.15) is 0 Å². The van der Waals surface area contributed by atoms with E-state index in [1.54, 1.807) is 0 Å². The molecule has 0 radical (unpaired) electrons. The molecule has 0 fully saturated rings. The van der Waals surface area contributed by atoms with Crippen molar-refractivity contribution in [2.24, 2.45) is 0 Å². The number of hydrogen-bond donors (Lipinski definition) is 0. The Morgan fingerprint density at radius 1 is 0.323 bits per heavy atom. The minimum Gasteiger partial charge on any atom is -0.309 e. The van der Waals surface area contributed by atoms with Gasteiger partial charge in [-0.1, -0.05) is 146 Å². The van der Waals surface area contributed by atoms with Crippen molar-refractivity contribution in [3.8, 4) is 45.5 Å². The maximum Gasteiger partial charge on any atom is 0.182 e. The average Bonchev–Trinajstić information content (AvgIpc) is 4.11. The third-order valence-corrected chi connectivity index (χ3v) is 12.4. The Morgan fingerprint density at radius 2 is 0.823 bits per heavy atom. The maximum atomic E-state index is 5.27. The van der Waals surface area contributed by atoms with Crippen LogP contribution < -0.4 is 0 Å².